The number of urea groups is 1. The highest BCUT2D eigenvalue weighted by Crippen LogP contribution is 2.19. The normalized spacial score (nSPS) is 23.6. The van der Waals surface area contributed by atoms with Crippen molar-refractivity contribution in [2.75, 3.05) is 26.2 Å². The van der Waals surface area contributed by atoms with Crippen molar-refractivity contribution in [3.05, 3.63) is 0 Å². The maximum atomic E-state index is 12.3. The van der Waals surface area contributed by atoms with Crippen molar-refractivity contribution in [3.63, 3.8) is 0 Å². The number of nitrogens with one attached hydrogen (secondary N) is 1. The van der Waals surface area contributed by atoms with E-state index in [0.717, 1.165) is 32.4 Å². The molecule has 114 valence electrons. The number of amides is 3. The molecule has 1 unspecified atom stereocenters. The molecule has 0 aromatic rings. The van der Waals surface area contributed by atoms with Crippen LogP contribution in [0.25, 0.3) is 0 Å². The molecule has 0 bridgehead atoms. The van der Waals surface area contributed by atoms with Crippen LogP contribution in [0, 0.1) is 5.92 Å². The molecule has 0 aromatic carbocycles. The molecule has 3 amide bonds. The monoisotopic (exact) mass is 282 g/mol. The zero-order valence-electron chi connectivity index (χ0n) is 12.5. The number of nitrogens with two attached hydrogens (primary N) is 1. The lowest BCUT2D eigenvalue weighted by atomic mass is 9.97. The molecule has 2 rings (SSSR count). The van der Waals surface area contributed by atoms with Crippen molar-refractivity contribution < 1.29 is 9.59 Å². The molecule has 0 spiro atoms. The van der Waals surface area contributed by atoms with Gasteiger partial charge in [0.15, 0.2) is 0 Å². The smallest absolute Gasteiger partial charge is 0.317 e. The van der Waals surface area contributed by atoms with Crippen LogP contribution >= 0.6 is 0 Å². The van der Waals surface area contributed by atoms with Crippen LogP contribution in [0.4, 0.5) is 4.79 Å². The summed E-state index contributed by atoms with van der Waals surface area (Å²) in [6.45, 7) is 7.00. The van der Waals surface area contributed by atoms with Gasteiger partial charge in [-0.25, -0.2) is 4.79 Å². The fraction of sp³-hybridized carbons (Fsp3) is 0.857. The third kappa shape index (κ3) is 3.06. The highest BCUT2D eigenvalue weighted by atomic mass is 16.2. The van der Waals surface area contributed by atoms with Crippen LogP contribution in [0.5, 0.6) is 0 Å². The van der Waals surface area contributed by atoms with Gasteiger partial charge in [0.1, 0.15) is 0 Å². The Balaban J connectivity index is 1.84. The average molecular weight is 282 g/mol. The van der Waals surface area contributed by atoms with Gasteiger partial charge < -0.3 is 20.9 Å². The van der Waals surface area contributed by atoms with E-state index in [9.17, 15) is 9.59 Å². The van der Waals surface area contributed by atoms with E-state index in [1.54, 1.807) is 0 Å². The zero-order chi connectivity index (χ0) is 14.7. The quantitative estimate of drug-likeness (QED) is 0.782. The fourth-order valence-electron chi connectivity index (χ4n) is 2.94. The van der Waals surface area contributed by atoms with Gasteiger partial charge in [-0.3, -0.25) is 4.79 Å². The highest BCUT2D eigenvalue weighted by molar-refractivity contribution is 5.82. The van der Waals surface area contributed by atoms with Crippen molar-refractivity contribution in [3.8, 4) is 0 Å². The Morgan fingerprint density at radius 1 is 1.40 bits per heavy atom. The van der Waals surface area contributed by atoms with Crippen LogP contribution < -0.4 is 11.1 Å². The lowest BCUT2D eigenvalue weighted by Crippen LogP contribution is -2.52. The van der Waals surface area contributed by atoms with Gasteiger partial charge in [-0.2, -0.15) is 0 Å². The SMILES string of the molecule is CCC(C)[C@H](N)C(=O)N1CCC(N2CCNC2=O)CC1. The predicted molar refractivity (Wildman–Crippen MR) is 77.1 cm³/mol. The molecule has 2 heterocycles. The van der Waals surface area contributed by atoms with Gasteiger partial charge in [0.25, 0.3) is 0 Å². The van der Waals surface area contributed by atoms with Crippen LogP contribution in [0.1, 0.15) is 33.1 Å². The topological polar surface area (TPSA) is 78.7 Å². The molecular formula is C14H26N4O2. The van der Waals surface area contributed by atoms with Crippen molar-refractivity contribution in [2.24, 2.45) is 11.7 Å². The molecule has 2 atom stereocenters. The summed E-state index contributed by atoms with van der Waals surface area (Å²) in [6, 6.07) is -0.0981. The number of carbonyl (C=O) groups is 2. The van der Waals surface area contributed by atoms with E-state index in [2.05, 4.69) is 12.2 Å². The van der Waals surface area contributed by atoms with Crippen molar-refractivity contribution in [1.82, 2.24) is 15.1 Å². The van der Waals surface area contributed by atoms with Gasteiger partial charge in [0, 0.05) is 32.2 Å². The lowest BCUT2D eigenvalue weighted by Gasteiger charge is -2.37. The van der Waals surface area contributed by atoms with E-state index in [1.807, 2.05) is 16.7 Å². The fourth-order valence-corrected chi connectivity index (χ4v) is 2.94. The first-order valence-electron chi connectivity index (χ1n) is 7.63. The van der Waals surface area contributed by atoms with Gasteiger partial charge in [0.2, 0.25) is 5.91 Å². The minimum absolute atomic E-state index is 0.0334. The Hall–Kier alpha value is -1.30. The highest BCUT2D eigenvalue weighted by Gasteiger charge is 2.33. The van der Waals surface area contributed by atoms with E-state index in [-0.39, 0.29) is 23.9 Å². The molecule has 2 aliphatic heterocycles. The van der Waals surface area contributed by atoms with Crippen LogP contribution in [-0.4, -0.2) is 60.0 Å². The number of piperidine rings is 1. The average Bonchev–Trinajstić information content (AvgIpc) is 2.91. The summed E-state index contributed by atoms with van der Waals surface area (Å²) in [7, 11) is 0. The Labute approximate surface area is 120 Å². The summed E-state index contributed by atoms with van der Waals surface area (Å²) in [5.41, 5.74) is 6.02. The van der Waals surface area contributed by atoms with E-state index < -0.39 is 6.04 Å². The first-order chi connectivity index (χ1) is 9.54. The van der Waals surface area contributed by atoms with Crippen LogP contribution in [-0.2, 0) is 4.79 Å². The van der Waals surface area contributed by atoms with Crippen molar-refractivity contribution in [2.45, 2.75) is 45.2 Å². The van der Waals surface area contributed by atoms with Crippen molar-refractivity contribution >= 4 is 11.9 Å². The molecule has 2 aliphatic rings. The summed E-state index contributed by atoms with van der Waals surface area (Å²) in [5, 5.41) is 2.83. The van der Waals surface area contributed by atoms with Gasteiger partial charge in [-0.15, -0.1) is 0 Å². The Bertz CT molecular complexity index is 366. The van der Waals surface area contributed by atoms with E-state index in [0.29, 0.717) is 13.1 Å². The van der Waals surface area contributed by atoms with E-state index >= 15 is 0 Å². The number of hydrogen-bond donors (Lipinski definition) is 2. The van der Waals surface area contributed by atoms with Gasteiger partial charge in [-0.05, 0) is 18.8 Å². The molecule has 2 saturated heterocycles. The molecule has 0 aromatic heterocycles. The second-order valence-electron chi connectivity index (χ2n) is 5.89. The Morgan fingerprint density at radius 3 is 2.55 bits per heavy atom. The molecule has 3 N–H and O–H groups in total. The first kappa shape index (κ1) is 15.1. The van der Waals surface area contributed by atoms with Gasteiger partial charge in [-0.1, -0.05) is 20.3 Å². The molecule has 0 radical (unpaired) electrons. The number of hydrogen-bond acceptors (Lipinski definition) is 3. The number of nitrogens with zero attached hydrogens (tertiary/aromatic N) is 2. The summed E-state index contributed by atoms with van der Waals surface area (Å²) in [6.07, 6.45) is 2.62. The summed E-state index contributed by atoms with van der Waals surface area (Å²) < 4.78 is 0. The largest absolute Gasteiger partial charge is 0.341 e. The third-order valence-electron chi connectivity index (χ3n) is 4.65. The molecule has 20 heavy (non-hydrogen) atoms. The van der Waals surface area contributed by atoms with Crippen LogP contribution in [0.3, 0.4) is 0 Å². The second kappa shape index (κ2) is 6.43. The zero-order valence-corrected chi connectivity index (χ0v) is 12.5. The molecular weight excluding hydrogens is 256 g/mol. The minimum atomic E-state index is -0.397. The summed E-state index contributed by atoms with van der Waals surface area (Å²) in [5.74, 6) is 0.272. The second-order valence-corrected chi connectivity index (χ2v) is 5.89. The molecule has 0 saturated carbocycles. The standard InChI is InChI=1S/C14H26N4O2/c1-3-10(2)12(15)13(19)17-7-4-11(5-8-17)18-9-6-16-14(18)20/h10-12H,3-9,15H2,1-2H3,(H,16,20)/t10?,12-/m0/s1. The summed E-state index contributed by atoms with van der Waals surface area (Å²) >= 11 is 0. The number of rotatable bonds is 4. The molecule has 6 heteroatoms. The van der Waals surface area contributed by atoms with Gasteiger partial charge in [0.05, 0.1) is 6.04 Å². The van der Waals surface area contributed by atoms with E-state index in [4.69, 9.17) is 5.73 Å². The maximum Gasteiger partial charge on any atom is 0.317 e. The maximum absolute atomic E-state index is 12.3. The minimum Gasteiger partial charge on any atom is -0.341 e. The van der Waals surface area contributed by atoms with Crippen LogP contribution in [0.15, 0.2) is 0 Å². The molecule has 0 aliphatic carbocycles. The Kier molecular flexibility index (Phi) is 4.86. The lowest BCUT2D eigenvalue weighted by molar-refractivity contribution is -0.135. The molecule has 6 nitrogen and oxygen atoms in total. The summed E-state index contributed by atoms with van der Waals surface area (Å²) in [4.78, 5) is 27.7. The predicted octanol–water partition coefficient (Wildman–Crippen LogP) is 0.376. The third-order valence-corrected chi connectivity index (χ3v) is 4.65. The van der Waals surface area contributed by atoms with Crippen molar-refractivity contribution in [1.29, 1.82) is 0 Å². The number of carbonyl (C=O) groups excluding carboxylic acids is 2. The molecule has 2 fully saturated rings. The van der Waals surface area contributed by atoms with Crippen LogP contribution in [0.2, 0.25) is 0 Å². The van der Waals surface area contributed by atoms with Gasteiger partial charge >= 0.3 is 6.03 Å². The van der Waals surface area contributed by atoms with E-state index in [1.165, 1.54) is 0 Å². The number of likely N-dealkylation sites (tertiary alicyclic amines) is 1. The Morgan fingerprint density at radius 2 is 2.05 bits per heavy atom. The first-order valence-corrected chi connectivity index (χ1v) is 7.63.